The lowest BCUT2D eigenvalue weighted by molar-refractivity contribution is -0.165. The Morgan fingerprint density at radius 1 is 1.32 bits per heavy atom. The molecule has 1 rings (SSSR count). The van der Waals surface area contributed by atoms with E-state index in [1.54, 1.807) is 0 Å². The van der Waals surface area contributed by atoms with Gasteiger partial charge in [0.15, 0.2) is 6.04 Å². The first kappa shape index (κ1) is 17.8. The zero-order chi connectivity index (χ0) is 16.9. The number of methoxy groups -OCH3 is 1. The second-order valence-corrected chi connectivity index (χ2v) is 4.47. The molecule has 9 heteroatoms. The van der Waals surface area contributed by atoms with Crippen molar-refractivity contribution >= 4 is 11.9 Å². The van der Waals surface area contributed by atoms with E-state index in [9.17, 15) is 22.8 Å². The second-order valence-electron chi connectivity index (χ2n) is 4.47. The Kier molecular flexibility index (Phi) is 5.75. The Morgan fingerprint density at radius 3 is 2.32 bits per heavy atom. The number of halogens is 3. The van der Waals surface area contributed by atoms with Gasteiger partial charge in [0.05, 0.1) is 7.11 Å². The lowest BCUT2D eigenvalue weighted by Crippen LogP contribution is -2.55. The number of carbonyl (C=O) groups is 2. The molecule has 0 aliphatic carbocycles. The maximum absolute atomic E-state index is 12.4. The van der Waals surface area contributed by atoms with Crippen molar-refractivity contribution in [1.82, 2.24) is 5.32 Å². The van der Waals surface area contributed by atoms with Crippen LogP contribution in [0.2, 0.25) is 0 Å². The van der Waals surface area contributed by atoms with Gasteiger partial charge < -0.3 is 20.9 Å². The maximum Gasteiger partial charge on any atom is 0.412 e. The van der Waals surface area contributed by atoms with Crippen LogP contribution in [-0.4, -0.2) is 42.4 Å². The SMILES string of the molecule is COC(=O)[C@H](Cc1ccc(O)cc1)NC(=O)C(N)C(F)(F)F. The molecule has 0 aliphatic rings. The summed E-state index contributed by atoms with van der Waals surface area (Å²) in [6.45, 7) is 0. The molecular formula is C13H15F3N2O4. The quantitative estimate of drug-likeness (QED) is 0.685. The van der Waals surface area contributed by atoms with Crippen molar-refractivity contribution in [3.05, 3.63) is 29.8 Å². The van der Waals surface area contributed by atoms with Crippen molar-refractivity contribution in [2.45, 2.75) is 24.7 Å². The predicted octanol–water partition coefficient (Wildman–Crippen LogP) is 0.482. The monoisotopic (exact) mass is 320 g/mol. The van der Waals surface area contributed by atoms with Crippen LogP contribution in [0, 0.1) is 0 Å². The molecular weight excluding hydrogens is 305 g/mol. The second kappa shape index (κ2) is 7.12. The molecule has 0 spiro atoms. The molecule has 1 unspecified atom stereocenters. The number of nitrogens with two attached hydrogens (primary N) is 1. The van der Waals surface area contributed by atoms with Crippen LogP contribution < -0.4 is 11.1 Å². The summed E-state index contributed by atoms with van der Waals surface area (Å²) in [5.74, 6) is -2.45. The van der Waals surface area contributed by atoms with Gasteiger partial charge in [0, 0.05) is 6.42 Å². The van der Waals surface area contributed by atoms with Crippen molar-refractivity contribution in [2.75, 3.05) is 7.11 Å². The molecule has 4 N–H and O–H groups in total. The molecule has 6 nitrogen and oxygen atoms in total. The van der Waals surface area contributed by atoms with Crippen LogP contribution in [0.15, 0.2) is 24.3 Å². The van der Waals surface area contributed by atoms with Crippen molar-refractivity contribution in [1.29, 1.82) is 0 Å². The van der Waals surface area contributed by atoms with E-state index in [1.807, 2.05) is 5.32 Å². The highest BCUT2D eigenvalue weighted by molar-refractivity contribution is 5.88. The molecule has 22 heavy (non-hydrogen) atoms. The van der Waals surface area contributed by atoms with E-state index in [4.69, 9.17) is 10.8 Å². The Balaban J connectivity index is 2.83. The van der Waals surface area contributed by atoms with Gasteiger partial charge in [-0.1, -0.05) is 12.1 Å². The van der Waals surface area contributed by atoms with Crippen molar-refractivity contribution in [2.24, 2.45) is 5.73 Å². The normalized spacial score (nSPS) is 14.0. The van der Waals surface area contributed by atoms with Crippen LogP contribution >= 0.6 is 0 Å². The zero-order valence-electron chi connectivity index (χ0n) is 11.6. The zero-order valence-corrected chi connectivity index (χ0v) is 11.6. The van der Waals surface area contributed by atoms with Gasteiger partial charge in [0.1, 0.15) is 11.8 Å². The van der Waals surface area contributed by atoms with Gasteiger partial charge >= 0.3 is 12.1 Å². The number of carbonyl (C=O) groups excluding carboxylic acids is 2. The predicted molar refractivity (Wildman–Crippen MR) is 69.8 cm³/mol. The molecule has 0 aromatic heterocycles. The number of rotatable bonds is 5. The number of phenols is 1. The van der Waals surface area contributed by atoms with Crippen molar-refractivity contribution in [3.63, 3.8) is 0 Å². The first-order chi connectivity index (χ1) is 10.1. The van der Waals surface area contributed by atoms with Gasteiger partial charge in [-0.25, -0.2) is 4.79 Å². The Morgan fingerprint density at radius 2 is 1.86 bits per heavy atom. The fraction of sp³-hybridized carbons (Fsp3) is 0.385. The summed E-state index contributed by atoms with van der Waals surface area (Å²) < 4.78 is 41.6. The number of nitrogens with one attached hydrogen (secondary N) is 1. The smallest absolute Gasteiger partial charge is 0.412 e. The van der Waals surface area contributed by atoms with Crippen LogP contribution in [0.3, 0.4) is 0 Å². The van der Waals surface area contributed by atoms with Gasteiger partial charge in [0.25, 0.3) is 0 Å². The summed E-state index contributed by atoms with van der Waals surface area (Å²) in [5.41, 5.74) is 5.28. The number of phenolic OH excluding ortho intramolecular Hbond substituents is 1. The molecule has 0 fully saturated rings. The van der Waals surface area contributed by atoms with E-state index in [-0.39, 0.29) is 12.2 Å². The number of benzene rings is 1. The molecule has 1 aromatic carbocycles. The Bertz CT molecular complexity index is 531. The molecule has 0 heterocycles. The molecule has 2 atom stereocenters. The molecule has 0 radical (unpaired) electrons. The van der Waals surface area contributed by atoms with E-state index in [0.29, 0.717) is 5.56 Å². The number of esters is 1. The third-order valence-corrected chi connectivity index (χ3v) is 2.81. The third-order valence-electron chi connectivity index (χ3n) is 2.81. The summed E-state index contributed by atoms with van der Waals surface area (Å²) in [5, 5.41) is 11.1. The van der Waals surface area contributed by atoms with Gasteiger partial charge in [0.2, 0.25) is 5.91 Å². The molecule has 1 amide bonds. The molecule has 0 aliphatic heterocycles. The van der Waals surface area contributed by atoms with E-state index in [0.717, 1.165) is 7.11 Å². The van der Waals surface area contributed by atoms with Gasteiger partial charge in [-0.2, -0.15) is 13.2 Å². The van der Waals surface area contributed by atoms with Crippen molar-refractivity contribution < 1.29 is 32.6 Å². The van der Waals surface area contributed by atoms with E-state index in [2.05, 4.69) is 4.74 Å². The van der Waals surface area contributed by atoms with Gasteiger partial charge in [-0.3, -0.25) is 4.79 Å². The minimum absolute atomic E-state index is 0.0125. The molecule has 0 bridgehead atoms. The molecule has 1 aromatic rings. The summed E-state index contributed by atoms with van der Waals surface area (Å²) in [4.78, 5) is 23.0. The number of aromatic hydroxyl groups is 1. The minimum Gasteiger partial charge on any atom is -0.508 e. The van der Waals surface area contributed by atoms with Gasteiger partial charge in [-0.15, -0.1) is 0 Å². The summed E-state index contributed by atoms with van der Waals surface area (Å²) >= 11 is 0. The Hall–Kier alpha value is -2.29. The van der Waals surface area contributed by atoms with Crippen LogP contribution in [0.5, 0.6) is 5.75 Å². The highest BCUT2D eigenvalue weighted by Crippen LogP contribution is 2.19. The fourth-order valence-electron chi connectivity index (χ4n) is 1.61. The number of hydrogen-bond donors (Lipinski definition) is 3. The Labute approximate surface area is 124 Å². The summed E-state index contributed by atoms with van der Waals surface area (Å²) in [7, 11) is 1.04. The maximum atomic E-state index is 12.4. The van der Waals surface area contributed by atoms with E-state index >= 15 is 0 Å². The largest absolute Gasteiger partial charge is 0.508 e. The van der Waals surface area contributed by atoms with Crippen molar-refractivity contribution in [3.8, 4) is 5.75 Å². The average Bonchev–Trinajstić information content (AvgIpc) is 2.46. The molecule has 0 saturated heterocycles. The number of amides is 1. The lowest BCUT2D eigenvalue weighted by atomic mass is 10.1. The summed E-state index contributed by atoms with van der Waals surface area (Å²) in [6, 6.07) is 1.54. The lowest BCUT2D eigenvalue weighted by Gasteiger charge is -2.20. The van der Waals surface area contributed by atoms with Crippen LogP contribution in [0.25, 0.3) is 0 Å². The van der Waals surface area contributed by atoms with E-state index < -0.39 is 30.1 Å². The standard InChI is InChI=1S/C13H15F3N2O4/c1-22-12(21)9(6-7-2-4-8(19)5-3-7)18-11(20)10(17)13(14,15)16/h2-5,9-10,19H,6,17H2,1H3,(H,18,20)/t9-,10?/m0/s1. The van der Waals surface area contributed by atoms with Gasteiger partial charge in [-0.05, 0) is 17.7 Å². The summed E-state index contributed by atoms with van der Waals surface area (Å²) in [6.07, 6.45) is -5.02. The highest BCUT2D eigenvalue weighted by Gasteiger charge is 2.43. The first-order valence-electron chi connectivity index (χ1n) is 6.13. The number of hydrogen-bond acceptors (Lipinski definition) is 5. The van der Waals surface area contributed by atoms with Crippen LogP contribution in [-0.2, 0) is 20.7 Å². The van der Waals surface area contributed by atoms with E-state index in [1.165, 1.54) is 24.3 Å². The highest BCUT2D eigenvalue weighted by atomic mass is 19.4. The molecule has 0 saturated carbocycles. The number of ether oxygens (including phenoxy) is 1. The fourth-order valence-corrected chi connectivity index (χ4v) is 1.61. The van der Waals surface area contributed by atoms with Crippen LogP contribution in [0.1, 0.15) is 5.56 Å². The number of alkyl halides is 3. The average molecular weight is 320 g/mol. The first-order valence-corrected chi connectivity index (χ1v) is 6.13. The molecule has 122 valence electrons. The topological polar surface area (TPSA) is 102 Å². The van der Waals surface area contributed by atoms with Crippen LogP contribution in [0.4, 0.5) is 13.2 Å². The third kappa shape index (κ3) is 4.92. The minimum atomic E-state index is -4.91.